The van der Waals surface area contributed by atoms with Crippen molar-refractivity contribution < 1.29 is 29.6 Å². The maximum atomic E-state index is 12.5. The first-order valence-electron chi connectivity index (χ1n) is 11.1. The van der Waals surface area contributed by atoms with Crippen LogP contribution in [0.1, 0.15) is 64.7 Å². The summed E-state index contributed by atoms with van der Waals surface area (Å²) in [5.41, 5.74) is -2.19. The fourth-order valence-electron chi connectivity index (χ4n) is 7.95. The molecule has 160 valence electrons. The number of hydrogen-bond acceptors (Lipinski definition) is 6. The van der Waals surface area contributed by atoms with Crippen molar-refractivity contribution in [1.29, 1.82) is 0 Å². The van der Waals surface area contributed by atoms with Gasteiger partial charge in [0.2, 0.25) is 0 Å². The molecule has 1 heterocycles. The van der Waals surface area contributed by atoms with Gasteiger partial charge in [-0.25, -0.2) is 4.79 Å². The molecule has 29 heavy (non-hydrogen) atoms. The number of esters is 1. The highest BCUT2D eigenvalue weighted by atomic mass is 16.5. The fourth-order valence-corrected chi connectivity index (χ4v) is 7.95. The molecule has 3 N–H and O–H groups in total. The summed E-state index contributed by atoms with van der Waals surface area (Å²) in [6.07, 6.45) is 7.36. The van der Waals surface area contributed by atoms with Crippen LogP contribution >= 0.6 is 0 Å². The third-order valence-corrected chi connectivity index (χ3v) is 9.58. The minimum Gasteiger partial charge on any atom is -0.458 e. The van der Waals surface area contributed by atoms with E-state index < -0.39 is 22.7 Å². The van der Waals surface area contributed by atoms with Gasteiger partial charge in [0.1, 0.15) is 12.9 Å². The summed E-state index contributed by atoms with van der Waals surface area (Å²) in [4.78, 5) is 24.0. The molecular formula is C23H32O6. The van der Waals surface area contributed by atoms with Gasteiger partial charge in [0.25, 0.3) is 0 Å². The minimum absolute atomic E-state index is 0.0192. The lowest BCUT2D eigenvalue weighted by molar-refractivity contribution is -0.229. The molecule has 0 spiro atoms. The third kappa shape index (κ3) is 2.58. The summed E-state index contributed by atoms with van der Waals surface area (Å²) < 4.78 is 5.10. The van der Waals surface area contributed by atoms with Gasteiger partial charge in [-0.3, -0.25) is 0 Å². The summed E-state index contributed by atoms with van der Waals surface area (Å²) in [5, 5.41) is 33.4. The van der Waals surface area contributed by atoms with Crippen LogP contribution in [0.4, 0.5) is 0 Å². The highest BCUT2D eigenvalue weighted by Crippen LogP contribution is 2.68. The number of aliphatic hydroxyl groups excluding tert-OH is 1. The minimum atomic E-state index is -1.15. The standard InChI is InChI=1S/C23H32O6/c1-20-7-16(15-6-19(26)29-12-15)9-23(20,28)8-14-2-5-22(27)10-17(25)3-4-21(22,13-24)18(14)11-20/h6,13-14,16-18,25,27-28H,2-5,7-12H2,1H3/t14-,16+,17+,18-,20+,21+,22+,23-/m0/s1. The first kappa shape index (κ1) is 19.7. The van der Waals surface area contributed by atoms with Crippen molar-refractivity contribution in [3.8, 4) is 0 Å². The largest absolute Gasteiger partial charge is 0.458 e. The lowest BCUT2D eigenvalue weighted by Gasteiger charge is -2.63. The number of aliphatic hydroxyl groups is 3. The highest BCUT2D eigenvalue weighted by Gasteiger charge is 2.68. The van der Waals surface area contributed by atoms with Gasteiger partial charge in [-0.15, -0.1) is 0 Å². The molecule has 8 atom stereocenters. The molecular weight excluding hydrogens is 372 g/mol. The van der Waals surface area contributed by atoms with Gasteiger partial charge in [0.15, 0.2) is 0 Å². The molecule has 4 aliphatic carbocycles. The SMILES string of the molecule is C[C@]12C[C@@H](C3=CC(=O)OC3)C[C@@]1(O)C[C@@H]1CC[C@@]3(O)C[C@H](O)CC[C@@]3(C=O)[C@H]1C2. The van der Waals surface area contributed by atoms with E-state index in [1.807, 2.05) is 0 Å². The molecule has 4 saturated carbocycles. The number of hydrogen-bond donors (Lipinski definition) is 3. The topological polar surface area (TPSA) is 104 Å². The van der Waals surface area contributed by atoms with E-state index in [4.69, 9.17) is 4.74 Å². The van der Waals surface area contributed by atoms with Gasteiger partial charge in [0.05, 0.1) is 22.7 Å². The monoisotopic (exact) mass is 404 g/mol. The van der Waals surface area contributed by atoms with Gasteiger partial charge in [-0.05, 0) is 80.1 Å². The van der Waals surface area contributed by atoms with Gasteiger partial charge in [-0.2, -0.15) is 0 Å². The molecule has 0 aromatic heterocycles. The molecule has 0 unspecified atom stereocenters. The van der Waals surface area contributed by atoms with Crippen LogP contribution < -0.4 is 0 Å². The van der Waals surface area contributed by atoms with Crippen molar-refractivity contribution in [3.63, 3.8) is 0 Å². The summed E-state index contributed by atoms with van der Waals surface area (Å²) in [6, 6.07) is 0. The van der Waals surface area contributed by atoms with E-state index in [0.717, 1.165) is 24.7 Å². The highest BCUT2D eigenvalue weighted by molar-refractivity contribution is 5.85. The van der Waals surface area contributed by atoms with Crippen molar-refractivity contribution >= 4 is 12.3 Å². The van der Waals surface area contributed by atoms with E-state index in [2.05, 4.69) is 6.92 Å². The summed E-state index contributed by atoms with van der Waals surface area (Å²) in [5.74, 6) is 0.0379. The second kappa shape index (κ2) is 6.14. The molecule has 6 nitrogen and oxygen atoms in total. The molecule has 5 aliphatic rings. The maximum absolute atomic E-state index is 12.5. The van der Waals surface area contributed by atoms with E-state index in [9.17, 15) is 24.9 Å². The van der Waals surface area contributed by atoms with E-state index in [1.165, 1.54) is 0 Å². The average Bonchev–Trinajstić information content (AvgIpc) is 3.20. The quantitative estimate of drug-likeness (QED) is 0.480. The zero-order valence-electron chi connectivity index (χ0n) is 17.1. The summed E-state index contributed by atoms with van der Waals surface area (Å²) >= 11 is 0. The Morgan fingerprint density at radius 2 is 1.86 bits per heavy atom. The Kier molecular flexibility index (Phi) is 4.18. The molecule has 6 heteroatoms. The van der Waals surface area contributed by atoms with Crippen LogP contribution in [0.15, 0.2) is 11.6 Å². The average molecular weight is 405 g/mol. The van der Waals surface area contributed by atoms with Crippen molar-refractivity contribution in [2.45, 2.75) is 82.0 Å². The van der Waals surface area contributed by atoms with Gasteiger partial charge < -0.3 is 24.9 Å². The molecule has 0 saturated heterocycles. The first-order chi connectivity index (χ1) is 13.6. The van der Waals surface area contributed by atoms with Crippen molar-refractivity contribution in [3.05, 3.63) is 11.6 Å². The van der Waals surface area contributed by atoms with Crippen LogP contribution in [0, 0.1) is 28.6 Å². The van der Waals surface area contributed by atoms with Crippen LogP contribution in [0.3, 0.4) is 0 Å². The van der Waals surface area contributed by atoms with Gasteiger partial charge in [-0.1, -0.05) is 6.92 Å². The molecule has 1 aliphatic heterocycles. The third-order valence-electron chi connectivity index (χ3n) is 9.58. The Morgan fingerprint density at radius 3 is 2.55 bits per heavy atom. The molecule has 0 amide bonds. The fraction of sp³-hybridized carbons (Fsp3) is 0.826. The zero-order chi connectivity index (χ0) is 20.7. The second-order valence-electron chi connectivity index (χ2n) is 10.9. The molecule has 0 bridgehead atoms. The molecule has 0 radical (unpaired) electrons. The van der Waals surface area contributed by atoms with E-state index in [0.29, 0.717) is 45.1 Å². The van der Waals surface area contributed by atoms with E-state index >= 15 is 0 Å². The normalized spacial score (nSPS) is 54.1. The lowest BCUT2D eigenvalue weighted by atomic mass is 9.43. The Balaban J connectivity index is 1.48. The smallest absolute Gasteiger partial charge is 0.331 e. The van der Waals surface area contributed by atoms with Gasteiger partial charge >= 0.3 is 5.97 Å². The van der Waals surface area contributed by atoms with Crippen LogP contribution in [-0.2, 0) is 14.3 Å². The van der Waals surface area contributed by atoms with Crippen LogP contribution in [-0.4, -0.2) is 51.5 Å². The number of rotatable bonds is 2. The number of carbonyl (C=O) groups excluding carboxylic acids is 2. The number of fused-ring (bicyclic) bond motifs is 4. The predicted octanol–water partition coefficient (Wildman–Crippen LogP) is 1.90. The Morgan fingerprint density at radius 1 is 1.07 bits per heavy atom. The van der Waals surface area contributed by atoms with E-state index in [1.54, 1.807) is 6.08 Å². The predicted molar refractivity (Wildman–Crippen MR) is 104 cm³/mol. The molecule has 5 rings (SSSR count). The van der Waals surface area contributed by atoms with Crippen molar-refractivity contribution in [1.82, 2.24) is 0 Å². The Labute approximate surface area is 171 Å². The molecule has 0 aromatic carbocycles. The Bertz CT molecular complexity index is 777. The van der Waals surface area contributed by atoms with Crippen molar-refractivity contribution in [2.75, 3.05) is 6.61 Å². The zero-order valence-corrected chi connectivity index (χ0v) is 17.1. The van der Waals surface area contributed by atoms with E-state index in [-0.39, 0.29) is 35.6 Å². The second-order valence-corrected chi connectivity index (χ2v) is 10.9. The first-order valence-corrected chi connectivity index (χ1v) is 11.1. The van der Waals surface area contributed by atoms with Gasteiger partial charge in [0, 0.05) is 12.5 Å². The molecule has 4 fully saturated rings. The number of carbonyl (C=O) groups is 2. The van der Waals surface area contributed by atoms with Crippen LogP contribution in [0.2, 0.25) is 0 Å². The summed E-state index contributed by atoms with van der Waals surface area (Å²) in [6.45, 7) is 2.43. The Hall–Kier alpha value is -1.24. The lowest BCUT2D eigenvalue weighted by Crippen LogP contribution is -2.66. The van der Waals surface area contributed by atoms with Crippen LogP contribution in [0.5, 0.6) is 0 Å². The summed E-state index contributed by atoms with van der Waals surface area (Å²) in [7, 11) is 0. The van der Waals surface area contributed by atoms with Crippen molar-refractivity contribution in [2.24, 2.45) is 28.6 Å². The number of ether oxygens (including phenoxy) is 1. The molecule has 0 aromatic rings. The maximum Gasteiger partial charge on any atom is 0.331 e. The van der Waals surface area contributed by atoms with Crippen LogP contribution in [0.25, 0.3) is 0 Å². The number of cyclic esters (lactones) is 1. The number of aldehydes is 1.